The molecule has 7 heteroatoms. The van der Waals surface area contributed by atoms with Crippen molar-refractivity contribution in [3.8, 4) is 0 Å². The van der Waals surface area contributed by atoms with E-state index in [1.54, 1.807) is 11.1 Å². The van der Waals surface area contributed by atoms with Crippen LogP contribution in [0, 0.1) is 11.8 Å². The second kappa shape index (κ2) is 9.22. The van der Waals surface area contributed by atoms with Crippen molar-refractivity contribution in [2.75, 3.05) is 24.5 Å². The van der Waals surface area contributed by atoms with Gasteiger partial charge in [-0.1, -0.05) is 19.3 Å². The molecule has 1 N–H and O–H groups in total. The van der Waals surface area contributed by atoms with E-state index in [0.29, 0.717) is 24.9 Å². The van der Waals surface area contributed by atoms with Crippen LogP contribution in [0.2, 0.25) is 0 Å². The molecule has 172 valence electrons. The van der Waals surface area contributed by atoms with Gasteiger partial charge >= 0.3 is 6.03 Å². The summed E-state index contributed by atoms with van der Waals surface area (Å²) in [4.78, 5) is 28.2. The van der Waals surface area contributed by atoms with Crippen LogP contribution in [0.15, 0.2) is 24.5 Å². The van der Waals surface area contributed by atoms with Crippen molar-refractivity contribution in [2.45, 2.75) is 70.8 Å². The summed E-state index contributed by atoms with van der Waals surface area (Å²) in [6.45, 7) is 5.31. The molecule has 7 nitrogen and oxygen atoms in total. The average Bonchev–Trinajstić information content (AvgIpc) is 3.19. The monoisotopic (exact) mass is 437 g/mol. The normalized spacial score (nSPS) is 26.0. The molecular formula is C25H35N5O2. The van der Waals surface area contributed by atoms with Crippen molar-refractivity contribution in [1.82, 2.24) is 19.8 Å². The van der Waals surface area contributed by atoms with Crippen LogP contribution in [0.1, 0.15) is 63.9 Å². The number of fused-ring (bicyclic) bond motifs is 1. The summed E-state index contributed by atoms with van der Waals surface area (Å²) in [6.07, 6.45) is 14.7. The van der Waals surface area contributed by atoms with Crippen molar-refractivity contribution in [2.24, 2.45) is 11.8 Å². The largest absolute Gasteiger partial charge is 0.328 e. The Hall–Kier alpha value is -2.41. The first kappa shape index (κ1) is 21.4. The summed E-state index contributed by atoms with van der Waals surface area (Å²) < 4.78 is 1.82. The zero-order valence-electron chi connectivity index (χ0n) is 19.1. The molecule has 2 saturated heterocycles. The highest BCUT2D eigenvalue weighted by Gasteiger charge is 2.29. The topological polar surface area (TPSA) is 70.0 Å². The van der Waals surface area contributed by atoms with Crippen LogP contribution in [0.5, 0.6) is 0 Å². The molecule has 0 unspecified atom stereocenters. The van der Waals surface area contributed by atoms with Gasteiger partial charge in [0.2, 0.25) is 5.91 Å². The minimum atomic E-state index is -0.360. The van der Waals surface area contributed by atoms with Crippen LogP contribution in [0.25, 0.3) is 5.52 Å². The average molecular weight is 438 g/mol. The van der Waals surface area contributed by atoms with Crippen molar-refractivity contribution in [1.29, 1.82) is 0 Å². The van der Waals surface area contributed by atoms with E-state index in [0.717, 1.165) is 23.5 Å². The molecule has 3 aliphatic rings. The standard InChI is InChI=1S/C25H35N5O2/c1-18-13-20(7-10-28(18)17-19-5-3-2-4-6-19)14-21-8-12-30-22(15-21)23(16-26-30)29-11-9-24(31)27-25(29)32/h8,12,15-16,18-20H,2-7,9-11,13-14,17H2,1H3,(H,27,31,32)/t18-,20-/m0/s1. The number of amides is 3. The number of imide groups is 1. The Bertz CT molecular complexity index is 980. The molecule has 2 aromatic heterocycles. The van der Waals surface area contributed by atoms with Crippen molar-refractivity contribution in [3.63, 3.8) is 0 Å². The number of anilines is 1. The van der Waals surface area contributed by atoms with Gasteiger partial charge in [-0.3, -0.25) is 15.0 Å². The predicted molar refractivity (Wildman–Crippen MR) is 125 cm³/mol. The minimum absolute atomic E-state index is 0.215. The lowest BCUT2D eigenvalue weighted by Crippen LogP contribution is -2.49. The van der Waals surface area contributed by atoms with Gasteiger partial charge in [0, 0.05) is 31.7 Å². The molecule has 2 atom stereocenters. The second-order valence-electron chi connectivity index (χ2n) is 10.1. The Morgan fingerprint density at radius 2 is 1.94 bits per heavy atom. The molecule has 0 aromatic carbocycles. The lowest BCUT2D eigenvalue weighted by Gasteiger charge is -2.40. The van der Waals surface area contributed by atoms with E-state index in [1.165, 1.54) is 63.6 Å². The van der Waals surface area contributed by atoms with E-state index in [2.05, 4.69) is 34.4 Å². The Labute approximate surface area is 190 Å². The summed E-state index contributed by atoms with van der Waals surface area (Å²) in [6, 6.07) is 4.62. The first-order valence-electron chi connectivity index (χ1n) is 12.4. The molecule has 32 heavy (non-hydrogen) atoms. The number of hydrogen-bond donors (Lipinski definition) is 1. The zero-order chi connectivity index (χ0) is 22.1. The van der Waals surface area contributed by atoms with Crippen molar-refractivity contribution < 1.29 is 9.59 Å². The maximum atomic E-state index is 12.3. The van der Waals surface area contributed by atoms with Gasteiger partial charge in [-0.2, -0.15) is 5.10 Å². The van der Waals surface area contributed by atoms with E-state index < -0.39 is 0 Å². The number of nitrogens with one attached hydrogen (secondary N) is 1. The van der Waals surface area contributed by atoms with Gasteiger partial charge in [-0.25, -0.2) is 9.31 Å². The van der Waals surface area contributed by atoms with Gasteiger partial charge < -0.3 is 4.90 Å². The third-order valence-corrected chi connectivity index (χ3v) is 7.77. The van der Waals surface area contributed by atoms with E-state index in [9.17, 15) is 9.59 Å². The van der Waals surface area contributed by atoms with E-state index >= 15 is 0 Å². The first-order chi connectivity index (χ1) is 15.6. The molecule has 5 rings (SSSR count). The number of nitrogens with zero attached hydrogens (tertiary/aromatic N) is 4. The molecule has 1 saturated carbocycles. The number of urea groups is 1. The molecule has 2 aromatic rings. The van der Waals surface area contributed by atoms with Gasteiger partial charge in [0.05, 0.1) is 17.4 Å². The zero-order valence-corrected chi connectivity index (χ0v) is 19.1. The van der Waals surface area contributed by atoms with Gasteiger partial charge in [0.1, 0.15) is 0 Å². The lowest BCUT2D eigenvalue weighted by molar-refractivity contribution is -0.120. The Morgan fingerprint density at radius 1 is 1.09 bits per heavy atom. The van der Waals surface area contributed by atoms with Crippen LogP contribution in [-0.2, 0) is 11.2 Å². The van der Waals surface area contributed by atoms with E-state index in [1.807, 2.05) is 10.7 Å². The minimum Gasteiger partial charge on any atom is -0.300 e. The summed E-state index contributed by atoms with van der Waals surface area (Å²) >= 11 is 0. The molecular weight excluding hydrogens is 402 g/mol. The van der Waals surface area contributed by atoms with Crippen LogP contribution in [-0.4, -0.2) is 52.1 Å². The van der Waals surface area contributed by atoms with Gasteiger partial charge in [0.15, 0.2) is 0 Å². The Morgan fingerprint density at radius 3 is 2.72 bits per heavy atom. The number of likely N-dealkylation sites (tertiary alicyclic amines) is 1. The third-order valence-electron chi connectivity index (χ3n) is 7.77. The third kappa shape index (κ3) is 4.53. The molecule has 1 aliphatic carbocycles. The fourth-order valence-electron chi connectivity index (χ4n) is 5.95. The highest BCUT2D eigenvalue weighted by Crippen LogP contribution is 2.31. The summed E-state index contributed by atoms with van der Waals surface area (Å²) in [5.74, 6) is 1.39. The van der Waals surface area contributed by atoms with E-state index in [4.69, 9.17) is 0 Å². The van der Waals surface area contributed by atoms with Crippen LogP contribution in [0.4, 0.5) is 10.5 Å². The number of rotatable bonds is 5. The first-order valence-corrected chi connectivity index (χ1v) is 12.4. The number of carbonyl (C=O) groups is 2. The quantitative estimate of drug-likeness (QED) is 0.768. The SMILES string of the molecule is C[C@H]1C[C@@H](Cc2ccn3ncc(N4CCC(=O)NC4=O)c3c2)CCN1CC1CCCCC1. The molecule has 3 fully saturated rings. The number of piperidine rings is 1. The number of pyridine rings is 1. The summed E-state index contributed by atoms with van der Waals surface area (Å²) in [5, 5.41) is 6.82. The van der Waals surface area contributed by atoms with Crippen LogP contribution in [0.3, 0.4) is 0 Å². The predicted octanol–water partition coefficient (Wildman–Crippen LogP) is 4.00. The van der Waals surface area contributed by atoms with E-state index in [-0.39, 0.29) is 11.9 Å². The maximum absolute atomic E-state index is 12.3. The Balaban J connectivity index is 1.24. The lowest BCUT2D eigenvalue weighted by atomic mass is 9.84. The molecule has 2 aliphatic heterocycles. The van der Waals surface area contributed by atoms with Crippen molar-refractivity contribution >= 4 is 23.1 Å². The fraction of sp³-hybridized carbons (Fsp3) is 0.640. The molecule has 4 heterocycles. The highest BCUT2D eigenvalue weighted by molar-refractivity contribution is 6.07. The Kier molecular flexibility index (Phi) is 6.17. The second-order valence-corrected chi connectivity index (χ2v) is 10.1. The highest BCUT2D eigenvalue weighted by atomic mass is 16.2. The van der Waals surface area contributed by atoms with Gasteiger partial charge in [0.25, 0.3) is 0 Å². The molecule has 0 bridgehead atoms. The fourth-order valence-corrected chi connectivity index (χ4v) is 5.95. The van der Waals surface area contributed by atoms with Crippen LogP contribution >= 0.6 is 0 Å². The molecule has 3 amide bonds. The summed E-state index contributed by atoms with van der Waals surface area (Å²) in [7, 11) is 0. The van der Waals surface area contributed by atoms with Gasteiger partial charge in [-0.05, 0) is 75.1 Å². The molecule has 0 radical (unpaired) electrons. The maximum Gasteiger partial charge on any atom is 0.328 e. The summed E-state index contributed by atoms with van der Waals surface area (Å²) in [5.41, 5.74) is 2.99. The number of carbonyl (C=O) groups excluding carboxylic acids is 2. The smallest absolute Gasteiger partial charge is 0.300 e. The van der Waals surface area contributed by atoms with Crippen LogP contribution < -0.4 is 10.2 Å². The molecule has 0 spiro atoms. The number of aromatic nitrogens is 2. The van der Waals surface area contributed by atoms with Crippen molar-refractivity contribution in [3.05, 3.63) is 30.1 Å². The number of hydrogen-bond acceptors (Lipinski definition) is 4. The van der Waals surface area contributed by atoms with Gasteiger partial charge in [-0.15, -0.1) is 0 Å².